The molecule has 0 aliphatic heterocycles. The minimum atomic E-state index is -0.189. The van der Waals surface area contributed by atoms with Crippen molar-refractivity contribution in [1.82, 2.24) is 4.98 Å². The average Bonchev–Trinajstić information content (AvgIpc) is 2.23. The third kappa shape index (κ3) is 1.51. The van der Waals surface area contributed by atoms with Crippen LogP contribution < -0.4 is 0 Å². The molecule has 0 fully saturated rings. The second kappa shape index (κ2) is 3.58. The zero-order valence-electron chi connectivity index (χ0n) is 7.87. The number of halogens is 1. The van der Waals surface area contributed by atoms with Crippen molar-refractivity contribution in [3.05, 3.63) is 54.0 Å². The maximum absolute atomic E-state index is 13.6. The van der Waals surface area contributed by atoms with E-state index in [-0.39, 0.29) is 5.82 Å². The average molecular weight is 187 g/mol. The Labute approximate surface area is 82.2 Å². The van der Waals surface area contributed by atoms with Crippen molar-refractivity contribution in [2.75, 3.05) is 0 Å². The van der Waals surface area contributed by atoms with Gasteiger partial charge in [-0.05, 0) is 30.7 Å². The summed E-state index contributed by atoms with van der Waals surface area (Å²) in [5.74, 6) is -0.189. The third-order valence-electron chi connectivity index (χ3n) is 2.13. The number of rotatable bonds is 1. The Kier molecular flexibility index (Phi) is 2.27. The molecule has 1 heterocycles. The fraction of sp³-hybridized carbons (Fsp3) is 0.0833. The highest BCUT2D eigenvalue weighted by Gasteiger charge is 2.06. The zero-order chi connectivity index (χ0) is 9.97. The maximum atomic E-state index is 13.6. The molecule has 1 nitrogen and oxygen atoms in total. The molecule has 70 valence electrons. The van der Waals surface area contributed by atoms with Gasteiger partial charge in [-0.3, -0.25) is 4.98 Å². The lowest BCUT2D eigenvalue weighted by Crippen LogP contribution is -1.89. The van der Waals surface area contributed by atoms with E-state index in [1.165, 1.54) is 0 Å². The lowest BCUT2D eigenvalue weighted by molar-refractivity contribution is 0.621. The van der Waals surface area contributed by atoms with Crippen LogP contribution >= 0.6 is 0 Å². The molecule has 0 atom stereocenters. The summed E-state index contributed by atoms with van der Waals surface area (Å²) in [7, 11) is 0. The first kappa shape index (κ1) is 8.88. The van der Waals surface area contributed by atoms with E-state index in [1.54, 1.807) is 31.3 Å². The van der Waals surface area contributed by atoms with Gasteiger partial charge in [0.1, 0.15) is 5.82 Å². The molecular formula is C12H10FN. The predicted octanol–water partition coefficient (Wildman–Crippen LogP) is 3.20. The summed E-state index contributed by atoms with van der Waals surface area (Å²) >= 11 is 0. The SMILES string of the molecule is Cc1cccc(-c2ccccn2)c1F. The highest BCUT2D eigenvalue weighted by Crippen LogP contribution is 2.22. The van der Waals surface area contributed by atoms with Gasteiger partial charge in [-0.1, -0.05) is 18.2 Å². The fourth-order valence-corrected chi connectivity index (χ4v) is 1.37. The van der Waals surface area contributed by atoms with E-state index in [9.17, 15) is 4.39 Å². The van der Waals surface area contributed by atoms with Gasteiger partial charge in [0.05, 0.1) is 5.69 Å². The van der Waals surface area contributed by atoms with E-state index in [0.717, 1.165) is 0 Å². The van der Waals surface area contributed by atoms with Crippen LogP contribution in [0.4, 0.5) is 4.39 Å². The lowest BCUT2D eigenvalue weighted by Gasteiger charge is -2.03. The molecule has 0 saturated carbocycles. The monoisotopic (exact) mass is 187 g/mol. The van der Waals surface area contributed by atoms with Gasteiger partial charge in [0.25, 0.3) is 0 Å². The van der Waals surface area contributed by atoms with E-state index in [2.05, 4.69) is 4.98 Å². The molecule has 2 rings (SSSR count). The second-order valence-corrected chi connectivity index (χ2v) is 3.15. The van der Waals surface area contributed by atoms with Crippen molar-refractivity contribution in [3.8, 4) is 11.3 Å². The van der Waals surface area contributed by atoms with Crippen molar-refractivity contribution in [3.63, 3.8) is 0 Å². The van der Waals surface area contributed by atoms with Crippen LogP contribution in [-0.4, -0.2) is 4.98 Å². The van der Waals surface area contributed by atoms with E-state index in [0.29, 0.717) is 16.8 Å². The first-order valence-corrected chi connectivity index (χ1v) is 4.45. The topological polar surface area (TPSA) is 12.9 Å². The van der Waals surface area contributed by atoms with Crippen molar-refractivity contribution in [2.45, 2.75) is 6.92 Å². The second-order valence-electron chi connectivity index (χ2n) is 3.15. The Balaban J connectivity index is 2.58. The van der Waals surface area contributed by atoms with Gasteiger partial charge in [-0.25, -0.2) is 4.39 Å². The fourth-order valence-electron chi connectivity index (χ4n) is 1.37. The Hall–Kier alpha value is -1.70. The smallest absolute Gasteiger partial charge is 0.135 e. The number of benzene rings is 1. The first-order valence-electron chi connectivity index (χ1n) is 4.45. The number of pyridine rings is 1. The van der Waals surface area contributed by atoms with Crippen molar-refractivity contribution in [1.29, 1.82) is 0 Å². The number of aryl methyl sites for hydroxylation is 1. The highest BCUT2D eigenvalue weighted by atomic mass is 19.1. The number of nitrogens with zero attached hydrogens (tertiary/aromatic N) is 1. The molecule has 0 aliphatic rings. The summed E-state index contributed by atoms with van der Waals surface area (Å²) < 4.78 is 13.6. The summed E-state index contributed by atoms with van der Waals surface area (Å²) in [5.41, 5.74) is 1.88. The summed E-state index contributed by atoms with van der Waals surface area (Å²) in [6.07, 6.45) is 1.66. The van der Waals surface area contributed by atoms with Crippen molar-refractivity contribution >= 4 is 0 Å². The predicted molar refractivity (Wildman–Crippen MR) is 54.4 cm³/mol. The Morgan fingerprint density at radius 2 is 1.93 bits per heavy atom. The van der Waals surface area contributed by atoms with Crippen LogP contribution in [0.2, 0.25) is 0 Å². The highest BCUT2D eigenvalue weighted by molar-refractivity contribution is 5.60. The molecule has 1 aromatic heterocycles. The molecule has 0 unspecified atom stereocenters. The first-order chi connectivity index (χ1) is 6.79. The van der Waals surface area contributed by atoms with E-state index in [1.807, 2.05) is 18.2 Å². The Morgan fingerprint density at radius 1 is 1.07 bits per heavy atom. The van der Waals surface area contributed by atoms with Crippen LogP contribution in [0.3, 0.4) is 0 Å². The minimum Gasteiger partial charge on any atom is -0.256 e. The third-order valence-corrected chi connectivity index (χ3v) is 2.13. The van der Waals surface area contributed by atoms with E-state index in [4.69, 9.17) is 0 Å². The molecule has 2 aromatic rings. The molecular weight excluding hydrogens is 177 g/mol. The molecule has 0 bridgehead atoms. The molecule has 0 amide bonds. The number of hydrogen-bond acceptors (Lipinski definition) is 1. The maximum Gasteiger partial charge on any atom is 0.135 e. The van der Waals surface area contributed by atoms with Crippen LogP contribution in [0.25, 0.3) is 11.3 Å². The van der Waals surface area contributed by atoms with Gasteiger partial charge in [0.2, 0.25) is 0 Å². The van der Waals surface area contributed by atoms with Crippen LogP contribution in [0.1, 0.15) is 5.56 Å². The molecule has 2 heteroatoms. The van der Waals surface area contributed by atoms with Gasteiger partial charge in [-0.2, -0.15) is 0 Å². The molecule has 0 spiro atoms. The van der Waals surface area contributed by atoms with Gasteiger partial charge in [-0.15, -0.1) is 0 Å². The minimum absolute atomic E-state index is 0.189. The number of aromatic nitrogens is 1. The number of hydrogen-bond donors (Lipinski definition) is 0. The quantitative estimate of drug-likeness (QED) is 0.668. The summed E-state index contributed by atoms with van der Waals surface area (Å²) in [4.78, 5) is 4.11. The van der Waals surface area contributed by atoms with Crippen molar-refractivity contribution in [2.24, 2.45) is 0 Å². The van der Waals surface area contributed by atoms with Gasteiger partial charge < -0.3 is 0 Å². The standard InChI is InChI=1S/C12H10FN/c1-9-5-4-6-10(12(9)13)11-7-2-3-8-14-11/h2-8H,1H3. The van der Waals surface area contributed by atoms with Crippen molar-refractivity contribution < 1.29 is 4.39 Å². The lowest BCUT2D eigenvalue weighted by atomic mass is 10.1. The molecule has 1 aromatic carbocycles. The Morgan fingerprint density at radius 3 is 2.64 bits per heavy atom. The van der Waals surface area contributed by atoms with Crippen LogP contribution in [0, 0.1) is 12.7 Å². The van der Waals surface area contributed by atoms with Gasteiger partial charge >= 0.3 is 0 Å². The molecule has 0 aliphatic carbocycles. The molecule has 0 saturated heterocycles. The van der Waals surface area contributed by atoms with Gasteiger partial charge in [0, 0.05) is 11.8 Å². The molecule has 0 N–H and O–H groups in total. The van der Waals surface area contributed by atoms with E-state index < -0.39 is 0 Å². The zero-order valence-corrected chi connectivity index (χ0v) is 7.87. The van der Waals surface area contributed by atoms with Crippen LogP contribution in [0.15, 0.2) is 42.6 Å². The van der Waals surface area contributed by atoms with Crippen LogP contribution in [0.5, 0.6) is 0 Å². The van der Waals surface area contributed by atoms with Crippen LogP contribution in [-0.2, 0) is 0 Å². The van der Waals surface area contributed by atoms with Gasteiger partial charge in [0.15, 0.2) is 0 Å². The molecule has 14 heavy (non-hydrogen) atoms. The Bertz CT molecular complexity index is 437. The summed E-state index contributed by atoms with van der Waals surface area (Å²) in [6.45, 7) is 1.75. The van der Waals surface area contributed by atoms with E-state index >= 15 is 0 Å². The largest absolute Gasteiger partial charge is 0.256 e. The molecule has 0 radical (unpaired) electrons. The normalized spacial score (nSPS) is 10.1. The summed E-state index contributed by atoms with van der Waals surface area (Å²) in [6, 6.07) is 10.8. The summed E-state index contributed by atoms with van der Waals surface area (Å²) in [5, 5.41) is 0.